The highest BCUT2D eigenvalue weighted by Crippen LogP contribution is 2.24. The van der Waals surface area contributed by atoms with E-state index in [1.165, 1.54) is 10.4 Å². The number of benzene rings is 2. The van der Waals surface area contributed by atoms with Crippen molar-refractivity contribution in [3.8, 4) is 0 Å². The van der Waals surface area contributed by atoms with Crippen LogP contribution in [0.1, 0.15) is 29.6 Å². The third-order valence-electron chi connectivity index (χ3n) is 4.16. The molecule has 1 heterocycles. The van der Waals surface area contributed by atoms with Gasteiger partial charge in [0.15, 0.2) is 0 Å². The number of hydrogen-bond donors (Lipinski definition) is 1. The van der Waals surface area contributed by atoms with Crippen LogP contribution in [-0.4, -0.2) is 31.7 Å². The Balaban J connectivity index is 1.82. The number of hydrogen-bond acceptors (Lipinski definition) is 3. The molecule has 0 spiro atoms. The Morgan fingerprint density at radius 1 is 1.00 bits per heavy atom. The Hall–Kier alpha value is -1.89. The average Bonchev–Trinajstić information content (AvgIpc) is 2.63. The Bertz CT molecular complexity index is 877. The summed E-state index contributed by atoms with van der Waals surface area (Å²) < 4.78 is 27.0. The maximum Gasteiger partial charge on any atom is 0.257 e. The summed E-state index contributed by atoms with van der Waals surface area (Å²) in [5.74, 6) is -0.377. The van der Waals surface area contributed by atoms with E-state index in [4.69, 9.17) is 11.6 Å². The zero-order chi connectivity index (χ0) is 17.9. The maximum absolute atomic E-state index is 12.7. The Labute approximate surface area is 152 Å². The fraction of sp³-hybridized carbons (Fsp3) is 0.278. The Morgan fingerprint density at radius 3 is 2.44 bits per heavy atom. The molecule has 1 amide bonds. The molecule has 7 heteroatoms. The van der Waals surface area contributed by atoms with Crippen LogP contribution in [0.4, 0.5) is 5.69 Å². The second-order valence-electron chi connectivity index (χ2n) is 5.93. The number of anilines is 1. The van der Waals surface area contributed by atoms with Crippen molar-refractivity contribution in [2.45, 2.75) is 24.2 Å². The third-order valence-corrected chi connectivity index (χ3v) is 6.39. The summed E-state index contributed by atoms with van der Waals surface area (Å²) in [5, 5.41) is 3.05. The van der Waals surface area contributed by atoms with Crippen molar-refractivity contribution >= 4 is 33.2 Å². The lowest BCUT2D eigenvalue weighted by atomic mass is 10.2. The standard InChI is InChI=1S/C18H19ClN2O3S/c19-17-10-3-2-9-16(17)18(22)20-14-7-6-8-15(13-14)25(23,24)21-11-4-1-5-12-21/h2-3,6-10,13H,1,4-5,11-12H2,(H,20,22). The van der Waals surface area contributed by atoms with Gasteiger partial charge in [0.2, 0.25) is 10.0 Å². The normalized spacial score (nSPS) is 15.7. The number of sulfonamides is 1. The molecule has 0 radical (unpaired) electrons. The van der Waals surface area contributed by atoms with Gasteiger partial charge in [-0.25, -0.2) is 8.42 Å². The van der Waals surface area contributed by atoms with E-state index in [1.807, 2.05) is 0 Å². The van der Waals surface area contributed by atoms with Crippen molar-refractivity contribution in [1.29, 1.82) is 0 Å². The zero-order valence-electron chi connectivity index (χ0n) is 13.6. The fourth-order valence-electron chi connectivity index (χ4n) is 2.83. The summed E-state index contributed by atoms with van der Waals surface area (Å²) >= 11 is 6.03. The lowest BCUT2D eigenvalue weighted by molar-refractivity contribution is 0.102. The number of carbonyl (C=O) groups excluding carboxylic acids is 1. The number of amides is 1. The molecule has 2 aromatic carbocycles. The van der Waals surface area contributed by atoms with E-state index in [-0.39, 0.29) is 10.8 Å². The summed E-state index contributed by atoms with van der Waals surface area (Å²) in [6.07, 6.45) is 2.81. The van der Waals surface area contributed by atoms with Crippen LogP contribution < -0.4 is 5.32 Å². The van der Waals surface area contributed by atoms with E-state index in [2.05, 4.69) is 5.32 Å². The molecule has 1 saturated heterocycles. The molecule has 5 nitrogen and oxygen atoms in total. The number of piperidine rings is 1. The van der Waals surface area contributed by atoms with Crippen LogP contribution in [0.3, 0.4) is 0 Å². The van der Waals surface area contributed by atoms with Gasteiger partial charge in [-0.05, 0) is 43.2 Å². The van der Waals surface area contributed by atoms with Gasteiger partial charge in [0.1, 0.15) is 0 Å². The molecular weight excluding hydrogens is 360 g/mol. The summed E-state index contributed by atoms with van der Waals surface area (Å²) in [6.45, 7) is 1.08. The van der Waals surface area contributed by atoms with Gasteiger partial charge in [0.05, 0.1) is 15.5 Å². The van der Waals surface area contributed by atoms with E-state index >= 15 is 0 Å². The largest absolute Gasteiger partial charge is 0.322 e. The van der Waals surface area contributed by atoms with Crippen LogP contribution >= 0.6 is 11.6 Å². The van der Waals surface area contributed by atoms with Crippen molar-refractivity contribution in [3.05, 3.63) is 59.1 Å². The summed E-state index contributed by atoms with van der Waals surface area (Å²) in [7, 11) is -3.54. The number of nitrogens with one attached hydrogen (secondary N) is 1. The van der Waals surface area contributed by atoms with Crippen molar-refractivity contribution in [2.75, 3.05) is 18.4 Å². The first kappa shape index (κ1) is 17.9. The summed E-state index contributed by atoms with van der Waals surface area (Å²) in [5.41, 5.74) is 0.761. The Morgan fingerprint density at radius 2 is 1.72 bits per heavy atom. The first-order chi connectivity index (χ1) is 12.0. The van der Waals surface area contributed by atoms with Gasteiger partial charge in [0.25, 0.3) is 5.91 Å². The van der Waals surface area contributed by atoms with E-state index in [0.29, 0.717) is 29.4 Å². The molecule has 0 unspecified atom stereocenters. The molecule has 0 aromatic heterocycles. The van der Waals surface area contributed by atoms with Crippen molar-refractivity contribution in [2.24, 2.45) is 0 Å². The van der Waals surface area contributed by atoms with Crippen molar-refractivity contribution in [3.63, 3.8) is 0 Å². The van der Waals surface area contributed by atoms with Gasteiger partial charge in [-0.3, -0.25) is 4.79 Å². The van der Waals surface area contributed by atoms with Gasteiger partial charge in [-0.15, -0.1) is 0 Å². The lowest BCUT2D eigenvalue weighted by Gasteiger charge is -2.26. The molecule has 1 aliphatic heterocycles. The maximum atomic E-state index is 12.7. The van der Waals surface area contributed by atoms with Gasteiger partial charge in [-0.2, -0.15) is 4.31 Å². The van der Waals surface area contributed by atoms with Gasteiger partial charge in [0, 0.05) is 18.8 Å². The monoisotopic (exact) mass is 378 g/mol. The van der Waals surface area contributed by atoms with Gasteiger partial charge < -0.3 is 5.32 Å². The molecule has 0 bridgehead atoms. The highest BCUT2D eigenvalue weighted by atomic mass is 35.5. The minimum absolute atomic E-state index is 0.186. The molecule has 0 aliphatic carbocycles. The molecule has 0 saturated carbocycles. The fourth-order valence-corrected chi connectivity index (χ4v) is 4.62. The molecule has 1 N–H and O–H groups in total. The predicted molar refractivity (Wildman–Crippen MR) is 98.5 cm³/mol. The van der Waals surface area contributed by atoms with Crippen LogP contribution in [0.25, 0.3) is 0 Å². The topological polar surface area (TPSA) is 66.5 Å². The third kappa shape index (κ3) is 4.03. The van der Waals surface area contributed by atoms with Crippen LogP contribution in [-0.2, 0) is 10.0 Å². The van der Waals surface area contributed by atoms with Crippen molar-refractivity contribution in [1.82, 2.24) is 4.31 Å². The van der Waals surface area contributed by atoms with E-state index < -0.39 is 10.0 Å². The molecule has 132 valence electrons. The van der Waals surface area contributed by atoms with Crippen LogP contribution in [0, 0.1) is 0 Å². The molecule has 0 atom stereocenters. The highest BCUT2D eigenvalue weighted by molar-refractivity contribution is 7.89. The van der Waals surface area contributed by atoms with Gasteiger partial charge >= 0.3 is 0 Å². The first-order valence-electron chi connectivity index (χ1n) is 8.14. The minimum atomic E-state index is -3.54. The first-order valence-corrected chi connectivity index (χ1v) is 9.96. The smallest absolute Gasteiger partial charge is 0.257 e. The summed E-state index contributed by atoms with van der Waals surface area (Å²) in [4.78, 5) is 12.5. The molecule has 25 heavy (non-hydrogen) atoms. The minimum Gasteiger partial charge on any atom is -0.322 e. The second-order valence-corrected chi connectivity index (χ2v) is 8.27. The number of carbonyl (C=O) groups is 1. The van der Waals surface area contributed by atoms with E-state index in [0.717, 1.165) is 19.3 Å². The molecule has 3 rings (SSSR count). The average molecular weight is 379 g/mol. The quantitative estimate of drug-likeness (QED) is 0.880. The molecule has 2 aromatic rings. The lowest BCUT2D eigenvalue weighted by Crippen LogP contribution is -2.35. The summed E-state index contributed by atoms with van der Waals surface area (Å²) in [6, 6.07) is 13.0. The predicted octanol–water partition coefficient (Wildman–Crippen LogP) is 3.77. The van der Waals surface area contributed by atoms with Crippen LogP contribution in [0.15, 0.2) is 53.4 Å². The van der Waals surface area contributed by atoms with Crippen molar-refractivity contribution < 1.29 is 13.2 Å². The Kier molecular flexibility index (Phi) is 5.42. The van der Waals surface area contributed by atoms with Crippen LogP contribution in [0.5, 0.6) is 0 Å². The zero-order valence-corrected chi connectivity index (χ0v) is 15.2. The van der Waals surface area contributed by atoms with Gasteiger partial charge in [-0.1, -0.05) is 36.2 Å². The SMILES string of the molecule is O=C(Nc1cccc(S(=O)(=O)N2CCCCC2)c1)c1ccccc1Cl. The second kappa shape index (κ2) is 7.56. The number of rotatable bonds is 4. The molecule has 1 aliphatic rings. The van der Waals surface area contributed by atoms with Crippen LogP contribution in [0.2, 0.25) is 5.02 Å². The highest BCUT2D eigenvalue weighted by Gasteiger charge is 2.26. The molecule has 1 fully saturated rings. The number of nitrogens with zero attached hydrogens (tertiary/aromatic N) is 1. The number of halogens is 1. The molecular formula is C18H19ClN2O3S. The van der Waals surface area contributed by atoms with E-state index in [1.54, 1.807) is 42.5 Å². The van der Waals surface area contributed by atoms with E-state index in [9.17, 15) is 13.2 Å².